The fraction of sp³-hybridized carbons (Fsp3) is 1.00. The van der Waals surface area contributed by atoms with E-state index in [0.717, 1.165) is 25.9 Å². The summed E-state index contributed by atoms with van der Waals surface area (Å²) in [7, 11) is 0. The number of piperidine rings is 1. The SMILES string of the molecule is CC(C)(CO)N1CCC(N)CC1. The highest BCUT2D eigenvalue weighted by Gasteiger charge is 2.28. The fourth-order valence-corrected chi connectivity index (χ4v) is 1.60. The quantitative estimate of drug-likeness (QED) is 0.625. The molecule has 0 aromatic carbocycles. The normalized spacial score (nSPS) is 23.0. The Balaban J connectivity index is 2.44. The van der Waals surface area contributed by atoms with Crippen LogP contribution in [0.15, 0.2) is 0 Å². The largest absolute Gasteiger partial charge is 0.394 e. The second kappa shape index (κ2) is 3.73. The smallest absolute Gasteiger partial charge is 0.0610 e. The Morgan fingerprint density at radius 1 is 1.42 bits per heavy atom. The number of aliphatic hydroxyl groups is 1. The molecule has 12 heavy (non-hydrogen) atoms. The van der Waals surface area contributed by atoms with Gasteiger partial charge in [-0.2, -0.15) is 0 Å². The van der Waals surface area contributed by atoms with Crippen molar-refractivity contribution in [2.75, 3.05) is 19.7 Å². The first-order valence-electron chi connectivity index (χ1n) is 4.68. The topological polar surface area (TPSA) is 49.5 Å². The van der Waals surface area contributed by atoms with Gasteiger partial charge in [-0.1, -0.05) is 0 Å². The van der Waals surface area contributed by atoms with Gasteiger partial charge in [0.2, 0.25) is 0 Å². The van der Waals surface area contributed by atoms with E-state index in [0.29, 0.717) is 6.04 Å². The first kappa shape index (κ1) is 9.96. The summed E-state index contributed by atoms with van der Waals surface area (Å²) in [5, 5.41) is 9.14. The van der Waals surface area contributed by atoms with E-state index < -0.39 is 0 Å². The number of rotatable bonds is 2. The highest BCUT2D eigenvalue weighted by atomic mass is 16.3. The average molecular weight is 172 g/mol. The van der Waals surface area contributed by atoms with Crippen LogP contribution in [0.3, 0.4) is 0 Å². The van der Waals surface area contributed by atoms with E-state index in [1.165, 1.54) is 0 Å². The molecule has 0 aromatic rings. The molecule has 1 rings (SSSR count). The number of nitrogens with zero attached hydrogens (tertiary/aromatic N) is 1. The van der Waals surface area contributed by atoms with Crippen molar-refractivity contribution in [1.29, 1.82) is 0 Å². The summed E-state index contributed by atoms with van der Waals surface area (Å²) in [5.74, 6) is 0. The van der Waals surface area contributed by atoms with Gasteiger partial charge in [0.25, 0.3) is 0 Å². The lowest BCUT2D eigenvalue weighted by molar-refractivity contribution is 0.0385. The van der Waals surface area contributed by atoms with E-state index in [9.17, 15) is 0 Å². The molecule has 0 unspecified atom stereocenters. The van der Waals surface area contributed by atoms with Gasteiger partial charge in [-0.25, -0.2) is 0 Å². The highest BCUT2D eigenvalue weighted by molar-refractivity contribution is 4.85. The van der Waals surface area contributed by atoms with Crippen LogP contribution in [0.1, 0.15) is 26.7 Å². The first-order chi connectivity index (χ1) is 5.56. The van der Waals surface area contributed by atoms with Crippen molar-refractivity contribution < 1.29 is 5.11 Å². The molecule has 1 fully saturated rings. The second-order valence-electron chi connectivity index (χ2n) is 4.30. The van der Waals surface area contributed by atoms with Gasteiger partial charge in [0, 0.05) is 24.7 Å². The summed E-state index contributed by atoms with van der Waals surface area (Å²) in [5.41, 5.74) is 5.72. The van der Waals surface area contributed by atoms with Crippen LogP contribution < -0.4 is 5.73 Å². The predicted octanol–water partition coefficient (Wildman–Crippen LogP) is 0.180. The van der Waals surface area contributed by atoms with Gasteiger partial charge >= 0.3 is 0 Å². The lowest BCUT2D eigenvalue weighted by Crippen LogP contribution is -2.52. The Bertz CT molecular complexity index is 139. The first-order valence-corrected chi connectivity index (χ1v) is 4.68. The minimum atomic E-state index is -0.0693. The summed E-state index contributed by atoms with van der Waals surface area (Å²) in [6, 6.07) is 0.371. The standard InChI is InChI=1S/C9H20N2O/c1-9(2,7-12)11-5-3-8(10)4-6-11/h8,12H,3-7,10H2,1-2H3. The van der Waals surface area contributed by atoms with Crippen LogP contribution in [0.5, 0.6) is 0 Å². The number of likely N-dealkylation sites (tertiary alicyclic amines) is 1. The molecular weight excluding hydrogens is 152 g/mol. The molecule has 3 heteroatoms. The van der Waals surface area contributed by atoms with Crippen molar-refractivity contribution in [3.63, 3.8) is 0 Å². The zero-order chi connectivity index (χ0) is 9.19. The zero-order valence-corrected chi connectivity index (χ0v) is 8.08. The number of nitrogens with two attached hydrogens (primary N) is 1. The molecule has 1 saturated heterocycles. The fourth-order valence-electron chi connectivity index (χ4n) is 1.60. The van der Waals surface area contributed by atoms with Crippen LogP contribution in [0.4, 0.5) is 0 Å². The van der Waals surface area contributed by atoms with E-state index >= 15 is 0 Å². The van der Waals surface area contributed by atoms with Crippen molar-refractivity contribution in [2.24, 2.45) is 5.73 Å². The molecule has 1 aliphatic rings. The monoisotopic (exact) mass is 172 g/mol. The molecule has 1 heterocycles. The molecule has 1 aliphatic heterocycles. The van der Waals surface area contributed by atoms with E-state index in [4.69, 9.17) is 10.8 Å². The van der Waals surface area contributed by atoms with Crippen molar-refractivity contribution >= 4 is 0 Å². The van der Waals surface area contributed by atoms with Crippen molar-refractivity contribution in [1.82, 2.24) is 4.90 Å². The molecule has 0 spiro atoms. The van der Waals surface area contributed by atoms with Gasteiger partial charge in [0.05, 0.1) is 6.61 Å². The Hall–Kier alpha value is -0.120. The van der Waals surface area contributed by atoms with Crippen LogP contribution in [0, 0.1) is 0 Å². The van der Waals surface area contributed by atoms with Crippen molar-refractivity contribution in [3.8, 4) is 0 Å². The third-order valence-electron chi connectivity index (χ3n) is 2.78. The second-order valence-corrected chi connectivity index (χ2v) is 4.30. The third-order valence-corrected chi connectivity index (χ3v) is 2.78. The van der Waals surface area contributed by atoms with Gasteiger partial charge in [-0.3, -0.25) is 4.90 Å². The van der Waals surface area contributed by atoms with E-state index in [2.05, 4.69) is 18.7 Å². The molecular formula is C9H20N2O. The Morgan fingerprint density at radius 2 is 1.92 bits per heavy atom. The Kier molecular flexibility index (Phi) is 3.09. The maximum absolute atomic E-state index is 9.14. The molecule has 0 radical (unpaired) electrons. The summed E-state index contributed by atoms with van der Waals surface area (Å²) in [4.78, 5) is 2.32. The van der Waals surface area contributed by atoms with Crippen LogP contribution in [0.25, 0.3) is 0 Å². The molecule has 3 N–H and O–H groups in total. The molecule has 0 aromatic heterocycles. The molecule has 0 aliphatic carbocycles. The predicted molar refractivity (Wildman–Crippen MR) is 49.9 cm³/mol. The zero-order valence-electron chi connectivity index (χ0n) is 8.08. The minimum absolute atomic E-state index is 0.0693. The van der Waals surface area contributed by atoms with E-state index in [1.54, 1.807) is 0 Å². The Labute approximate surface area is 74.5 Å². The molecule has 72 valence electrons. The van der Waals surface area contributed by atoms with Gasteiger partial charge < -0.3 is 10.8 Å². The summed E-state index contributed by atoms with van der Waals surface area (Å²) >= 11 is 0. The van der Waals surface area contributed by atoms with Crippen LogP contribution >= 0.6 is 0 Å². The molecule has 0 saturated carbocycles. The number of aliphatic hydroxyl groups excluding tert-OH is 1. The van der Waals surface area contributed by atoms with Gasteiger partial charge in [-0.15, -0.1) is 0 Å². The van der Waals surface area contributed by atoms with Crippen molar-refractivity contribution in [3.05, 3.63) is 0 Å². The Morgan fingerprint density at radius 3 is 2.33 bits per heavy atom. The molecule has 0 atom stereocenters. The minimum Gasteiger partial charge on any atom is -0.394 e. The van der Waals surface area contributed by atoms with Crippen molar-refractivity contribution in [2.45, 2.75) is 38.3 Å². The third kappa shape index (κ3) is 2.19. The molecule has 0 amide bonds. The number of hydrogen-bond acceptors (Lipinski definition) is 3. The lowest BCUT2D eigenvalue weighted by atomic mass is 9.98. The number of hydrogen-bond donors (Lipinski definition) is 2. The van der Waals surface area contributed by atoms with Gasteiger partial charge in [-0.05, 0) is 26.7 Å². The van der Waals surface area contributed by atoms with E-state index in [-0.39, 0.29) is 12.1 Å². The maximum atomic E-state index is 9.14. The highest BCUT2D eigenvalue weighted by Crippen LogP contribution is 2.19. The lowest BCUT2D eigenvalue weighted by Gasteiger charge is -2.41. The van der Waals surface area contributed by atoms with Gasteiger partial charge in [0.1, 0.15) is 0 Å². The molecule has 3 nitrogen and oxygen atoms in total. The van der Waals surface area contributed by atoms with Crippen LogP contribution in [0.2, 0.25) is 0 Å². The van der Waals surface area contributed by atoms with Crippen LogP contribution in [-0.2, 0) is 0 Å². The summed E-state index contributed by atoms with van der Waals surface area (Å²) in [6.07, 6.45) is 2.12. The van der Waals surface area contributed by atoms with Gasteiger partial charge in [0.15, 0.2) is 0 Å². The van der Waals surface area contributed by atoms with E-state index in [1.807, 2.05) is 0 Å². The maximum Gasteiger partial charge on any atom is 0.0610 e. The molecule has 0 bridgehead atoms. The van der Waals surface area contributed by atoms with Crippen LogP contribution in [-0.4, -0.2) is 41.3 Å². The average Bonchev–Trinajstić information content (AvgIpc) is 2.05. The summed E-state index contributed by atoms with van der Waals surface area (Å²) < 4.78 is 0. The summed E-state index contributed by atoms with van der Waals surface area (Å²) in [6.45, 7) is 6.42.